The number of hydrogen-bond acceptors (Lipinski definition) is 4. The van der Waals surface area contributed by atoms with Crippen molar-refractivity contribution in [2.24, 2.45) is 16.8 Å². The largest absolute Gasteiger partial charge is 0.378 e. The van der Waals surface area contributed by atoms with Crippen LogP contribution in [0.3, 0.4) is 0 Å². The summed E-state index contributed by atoms with van der Waals surface area (Å²) in [7, 11) is -2.95. The van der Waals surface area contributed by atoms with E-state index in [2.05, 4.69) is 36.0 Å². The molecule has 0 aromatic carbocycles. The summed E-state index contributed by atoms with van der Waals surface area (Å²) < 4.78 is 27.4. The summed E-state index contributed by atoms with van der Waals surface area (Å²) in [5, 5.41) is 3.36. The van der Waals surface area contributed by atoms with Gasteiger partial charge in [0.1, 0.15) is 9.84 Å². The van der Waals surface area contributed by atoms with Crippen molar-refractivity contribution in [3.63, 3.8) is 0 Å². The number of guanidine groups is 1. The molecule has 1 fully saturated rings. The van der Waals surface area contributed by atoms with E-state index in [1.54, 1.807) is 0 Å². The van der Waals surface area contributed by atoms with Crippen LogP contribution in [-0.4, -0.2) is 70.7 Å². The first kappa shape index (κ1) is 24.9. The quantitative estimate of drug-likeness (QED) is 0.221. The van der Waals surface area contributed by atoms with Gasteiger partial charge in [0.2, 0.25) is 0 Å². The summed E-state index contributed by atoms with van der Waals surface area (Å²) in [5.74, 6) is 2.59. The second kappa shape index (κ2) is 13.1. The van der Waals surface area contributed by atoms with E-state index in [0.717, 1.165) is 37.4 Å². The van der Waals surface area contributed by atoms with E-state index in [1.807, 2.05) is 0 Å². The Labute approximate surface area is 171 Å². The fraction of sp³-hybridized carbons (Fsp3) is 0.941. The average Bonchev–Trinajstić information content (AvgIpc) is 2.99. The van der Waals surface area contributed by atoms with E-state index in [4.69, 9.17) is 4.74 Å². The van der Waals surface area contributed by atoms with Crippen LogP contribution >= 0.6 is 24.0 Å². The summed E-state index contributed by atoms with van der Waals surface area (Å²) in [6, 6.07) is 0. The van der Waals surface area contributed by atoms with Gasteiger partial charge in [0.25, 0.3) is 0 Å². The molecule has 0 saturated carbocycles. The van der Waals surface area contributed by atoms with Gasteiger partial charge in [-0.1, -0.05) is 26.7 Å². The fourth-order valence-electron chi connectivity index (χ4n) is 3.27. The molecule has 0 aliphatic carbocycles. The number of rotatable bonds is 10. The molecule has 1 saturated heterocycles. The number of aliphatic imine (C=N–C) groups is 1. The molecule has 1 aliphatic rings. The number of nitrogens with zero attached hydrogens (tertiary/aromatic N) is 2. The zero-order chi connectivity index (χ0) is 18.0. The summed E-state index contributed by atoms with van der Waals surface area (Å²) >= 11 is 0. The molecule has 0 radical (unpaired) electrons. The third kappa shape index (κ3) is 9.98. The zero-order valence-electron chi connectivity index (χ0n) is 16.2. The van der Waals surface area contributed by atoms with Gasteiger partial charge < -0.3 is 15.0 Å². The van der Waals surface area contributed by atoms with Crippen molar-refractivity contribution < 1.29 is 13.2 Å². The van der Waals surface area contributed by atoms with Gasteiger partial charge in [-0.2, -0.15) is 0 Å². The van der Waals surface area contributed by atoms with E-state index in [-0.39, 0.29) is 36.3 Å². The molecule has 0 aromatic heterocycles. The van der Waals surface area contributed by atoms with E-state index in [9.17, 15) is 8.42 Å². The Morgan fingerprint density at radius 1 is 1.28 bits per heavy atom. The molecule has 150 valence electrons. The van der Waals surface area contributed by atoms with Crippen LogP contribution in [0.1, 0.15) is 40.0 Å². The van der Waals surface area contributed by atoms with Gasteiger partial charge in [0.15, 0.2) is 5.96 Å². The monoisotopic (exact) mass is 489 g/mol. The first-order valence-electron chi connectivity index (χ1n) is 9.19. The van der Waals surface area contributed by atoms with Crippen LogP contribution in [0.4, 0.5) is 0 Å². The van der Waals surface area contributed by atoms with Crippen molar-refractivity contribution in [1.29, 1.82) is 0 Å². The van der Waals surface area contributed by atoms with Crippen LogP contribution in [-0.2, 0) is 14.6 Å². The molecule has 0 aromatic rings. The standard InChI is InChI=1S/C17H35N3O3S.HI/c1-5-15(6-2)16-8-10-20(14-16)17(18-7-3)19-9-11-23-12-13-24(4,21)22;/h15-16H,5-14H2,1-4H3,(H,18,19);1H. The second-order valence-electron chi connectivity index (χ2n) is 6.55. The predicted molar refractivity (Wildman–Crippen MR) is 116 cm³/mol. The minimum Gasteiger partial charge on any atom is -0.378 e. The maximum atomic E-state index is 11.0. The van der Waals surface area contributed by atoms with E-state index in [0.29, 0.717) is 13.2 Å². The Morgan fingerprint density at radius 2 is 1.96 bits per heavy atom. The summed E-state index contributed by atoms with van der Waals surface area (Å²) in [6.07, 6.45) is 4.96. The molecular weight excluding hydrogens is 453 g/mol. The van der Waals surface area contributed by atoms with Crippen molar-refractivity contribution in [1.82, 2.24) is 10.2 Å². The van der Waals surface area contributed by atoms with E-state index >= 15 is 0 Å². The summed E-state index contributed by atoms with van der Waals surface area (Å²) in [4.78, 5) is 6.98. The normalized spacial score (nSPS) is 18.5. The molecule has 6 nitrogen and oxygen atoms in total. The van der Waals surface area contributed by atoms with Crippen LogP contribution in [0.2, 0.25) is 0 Å². The van der Waals surface area contributed by atoms with Crippen molar-refractivity contribution in [3.8, 4) is 0 Å². The van der Waals surface area contributed by atoms with Gasteiger partial charge in [-0.05, 0) is 25.2 Å². The second-order valence-corrected chi connectivity index (χ2v) is 8.81. The van der Waals surface area contributed by atoms with Crippen LogP contribution in [0.25, 0.3) is 0 Å². The number of likely N-dealkylation sites (tertiary alicyclic amines) is 1. The number of halogens is 1. The lowest BCUT2D eigenvalue weighted by Gasteiger charge is -2.24. The Bertz CT molecular complexity index is 482. The average molecular weight is 489 g/mol. The molecule has 1 rings (SSSR count). The van der Waals surface area contributed by atoms with Crippen LogP contribution in [0.5, 0.6) is 0 Å². The fourth-order valence-corrected chi connectivity index (χ4v) is 3.69. The van der Waals surface area contributed by atoms with Crippen molar-refractivity contribution in [2.45, 2.75) is 40.0 Å². The highest BCUT2D eigenvalue weighted by Gasteiger charge is 2.29. The highest BCUT2D eigenvalue weighted by molar-refractivity contribution is 14.0. The Morgan fingerprint density at radius 3 is 2.52 bits per heavy atom. The SMILES string of the molecule is CCNC(=NCCOCCS(C)(=O)=O)N1CCC(C(CC)CC)C1.I. The van der Waals surface area contributed by atoms with Crippen LogP contribution < -0.4 is 5.32 Å². The van der Waals surface area contributed by atoms with Gasteiger partial charge in [0, 0.05) is 25.9 Å². The minimum atomic E-state index is -2.95. The summed E-state index contributed by atoms with van der Waals surface area (Å²) in [6.45, 7) is 10.9. The maximum absolute atomic E-state index is 11.0. The summed E-state index contributed by atoms with van der Waals surface area (Å²) in [5.41, 5.74) is 0. The molecule has 25 heavy (non-hydrogen) atoms. The molecule has 8 heteroatoms. The lowest BCUT2D eigenvalue weighted by atomic mass is 9.87. The lowest BCUT2D eigenvalue weighted by molar-refractivity contribution is 0.157. The third-order valence-electron chi connectivity index (χ3n) is 4.67. The molecule has 1 unspecified atom stereocenters. The van der Waals surface area contributed by atoms with E-state index < -0.39 is 9.84 Å². The number of hydrogen-bond donors (Lipinski definition) is 1. The number of nitrogens with one attached hydrogen (secondary N) is 1. The molecule has 1 heterocycles. The van der Waals surface area contributed by atoms with Gasteiger partial charge >= 0.3 is 0 Å². The minimum absolute atomic E-state index is 0. The molecule has 1 aliphatic heterocycles. The number of sulfone groups is 1. The highest BCUT2D eigenvalue weighted by atomic mass is 127. The molecule has 1 atom stereocenters. The molecule has 0 bridgehead atoms. The molecular formula is C17H36IN3O3S. The predicted octanol–water partition coefficient (Wildman–Crippen LogP) is 2.39. The third-order valence-corrected chi connectivity index (χ3v) is 5.58. The van der Waals surface area contributed by atoms with Crippen molar-refractivity contribution in [3.05, 3.63) is 0 Å². The Hall–Kier alpha value is -0.0900. The van der Waals surface area contributed by atoms with Crippen LogP contribution in [0.15, 0.2) is 4.99 Å². The maximum Gasteiger partial charge on any atom is 0.194 e. The number of ether oxygens (including phenoxy) is 1. The van der Waals surface area contributed by atoms with Gasteiger partial charge in [-0.15, -0.1) is 24.0 Å². The zero-order valence-corrected chi connectivity index (χ0v) is 19.3. The smallest absolute Gasteiger partial charge is 0.194 e. The van der Waals surface area contributed by atoms with Gasteiger partial charge in [-0.25, -0.2) is 8.42 Å². The van der Waals surface area contributed by atoms with Crippen molar-refractivity contribution in [2.75, 3.05) is 51.4 Å². The van der Waals surface area contributed by atoms with E-state index in [1.165, 1.54) is 25.5 Å². The molecule has 0 spiro atoms. The Kier molecular flexibility index (Phi) is 13.1. The first-order chi connectivity index (χ1) is 11.4. The topological polar surface area (TPSA) is 71.0 Å². The van der Waals surface area contributed by atoms with Gasteiger partial charge in [0.05, 0.1) is 25.5 Å². The van der Waals surface area contributed by atoms with Crippen molar-refractivity contribution >= 4 is 39.8 Å². The molecule has 0 amide bonds. The lowest BCUT2D eigenvalue weighted by Crippen LogP contribution is -2.40. The highest BCUT2D eigenvalue weighted by Crippen LogP contribution is 2.28. The van der Waals surface area contributed by atoms with Gasteiger partial charge in [-0.3, -0.25) is 4.99 Å². The Balaban J connectivity index is 0.00000576. The molecule has 1 N–H and O–H groups in total. The first-order valence-corrected chi connectivity index (χ1v) is 11.3. The van der Waals surface area contributed by atoms with Crippen LogP contribution in [0, 0.1) is 11.8 Å².